The first-order chi connectivity index (χ1) is 8.49. The zero-order valence-corrected chi connectivity index (χ0v) is 11.3. The lowest BCUT2D eigenvalue weighted by molar-refractivity contribution is -0.147. The van der Waals surface area contributed by atoms with E-state index < -0.39 is 17.3 Å². The number of carbonyl (C=O) groups is 2. The van der Waals surface area contributed by atoms with Gasteiger partial charge in [-0.2, -0.15) is 0 Å². The number of hydrogen-bond donors (Lipinski definition) is 2. The van der Waals surface area contributed by atoms with Crippen LogP contribution in [-0.2, 0) is 9.59 Å². The predicted octanol–water partition coefficient (Wildman–Crippen LogP) is 2.26. The second-order valence-corrected chi connectivity index (χ2v) is 5.10. The molecule has 2 N–H and O–H groups in total. The van der Waals surface area contributed by atoms with Crippen LogP contribution in [0.25, 0.3) is 0 Å². The first-order valence-electron chi connectivity index (χ1n) is 5.38. The van der Waals surface area contributed by atoms with Crippen molar-refractivity contribution >= 4 is 33.5 Å². The van der Waals surface area contributed by atoms with Crippen molar-refractivity contribution in [3.05, 3.63) is 22.7 Å². The molecule has 0 aliphatic heterocycles. The van der Waals surface area contributed by atoms with Crippen molar-refractivity contribution in [2.24, 2.45) is 5.41 Å². The molecule has 0 atom stereocenters. The van der Waals surface area contributed by atoms with Crippen LogP contribution in [0.4, 0.5) is 5.69 Å². The van der Waals surface area contributed by atoms with E-state index in [2.05, 4.69) is 21.2 Å². The molecule has 1 saturated carbocycles. The minimum atomic E-state index is -1.26. The average molecular weight is 314 g/mol. The molecule has 1 fully saturated rings. The van der Waals surface area contributed by atoms with Crippen LogP contribution in [0.5, 0.6) is 5.75 Å². The molecule has 18 heavy (non-hydrogen) atoms. The molecule has 0 unspecified atom stereocenters. The van der Waals surface area contributed by atoms with Gasteiger partial charge in [-0.3, -0.25) is 9.59 Å². The van der Waals surface area contributed by atoms with Gasteiger partial charge < -0.3 is 15.2 Å². The molecule has 1 aliphatic carbocycles. The van der Waals surface area contributed by atoms with Crippen molar-refractivity contribution in [1.29, 1.82) is 0 Å². The number of methoxy groups -OCH3 is 1. The molecule has 1 aliphatic rings. The lowest BCUT2D eigenvalue weighted by Crippen LogP contribution is -2.31. The molecule has 1 aromatic carbocycles. The summed E-state index contributed by atoms with van der Waals surface area (Å²) in [4.78, 5) is 23.0. The van der Waals surface area contributed by atoms with Gasteiger partial charge in [-0.25, -0.2) is 0 Å². The highest BCUT2D eigenvalue weighted by atomic mass is 79.9. The molecular formula is C12H12BrNO4. The second kappa shape index (κ2) is 4.61. The van der Waals surface area contributed by atoms with E-state index in [0.29, 0.717) is 24.3 Å². The molecule has 0 bridgehead atoms. The number of aliphatic carboxylic acids is 1. The number of hydrogen-bond acceptors (Lipinski definition) is 3. The largest absolute Gasteiger partial charge is 0.495 e. The van der Waals surface area contributed by atoms with E-state index in [0.717, 1.165) is 4.47 Å². The minimum Gasteiger partial charge on any atom is -0.495 e. The van der Waals surface area contributed by atoms with E-state index in [1.54, 1.807) is 18.2 Å². The Kier molecular flexibility index (Phi) is 3.30. The summed E-state index contributed by atoms with van der Waals surface area (Å²) in [6.45, 7) is 0. The molecule has 0 aromatic heterocycles. The topological polar surface area (TPSA) is 75.6 Å². The number of carbonyl (C=O) groups excluding carboxylic acids is 1. The molecule has 6 heteroatoms. The molecular weight excluding hydrogens is 302 g/mol. The molecule has 1 aromatic rings. The fourth-order valence-electron chi connectivity index (χ4n) is 1.68. The van der Waals surface area contributed by atoms with Gasteiger partial charge in [0.25, 0.3) is 0 Å². The number of rotatable bonds is 4. The Morgan fingerprint density at radius 3 is 2.61 bits per heavy atom. The van der Waals surface area contributed by atoms with Crippen molar-refractivity contribution in [3.8, 4) is 5.75 Å². The van der Waals surface area contributed by atoms with Gasteiger partial charge in [-0.15, -0.1) is 0 Å². The van der Waals surface area contributed by atoms with E-state index in [9.17, 15) is 9.59 Å². The highest BCUT2D eigenvalue weighted by Crippen LogP contribution is 2.47. The number of halogens is 1. The van der Waals surface area contributed by atoms with Crippen LogP contribution >= 0.6 is 15.9 Å². The Morgan fingerprint density at radius 2 is 2.11 bits per heavy atom. The number of amides is 1. The summed E-state index contributed by atoms with van der Waals surface area (Å²) < 4.78 is 5.89. The van der Waals surface area contributed by atoms with Crippen molar-refractivity contribution in [3.63, 3.8) is 0 Å². The van der Waals surface area contributed by atoms with E-state index >= 15 is 0 Å². The summed E-state index contributed by atoms with van der Waals surface area (Å²) in [7, 11) is 1.49. The fourth-order valence-corrected chi connectivity index (χ4v) is 2.04. The Labute approximate surface area is 112 Å². The van der Waals surface area contributed by atoms with Crippen LogP contribution < -0.4 is 10.1 Å². The van der Waals surface area contributed by atoms with Gasteiger partial charge in [-0.1, -0.05) is 15.9 Å². The lowest BCUT2D eigenvalue weighted by Gasteiger charge is -2.13. The Bertz CT molecular complexity index is 511. The standard InChI is InChI=1S/C12H12BrNO4/c1-18-9-3-2-7(13)6-8(9)14-10(15)12(4-5-12)11(16)17/h2-3,6H,4-5H2,1H3,(H,14,15)(H,16,17). The third-order valence-electron chi connectivity index (χ3n) is 3.00. The summed E-state index contributed by atoms with van der Waals surface area (Å²) in [5.74, 6) is -1.08. The molecule has 1 amide bonds. The van der Waals surface area contributed by atoms with Crippen molar-refractivity contribution < 1.29 is 19.4 Å². The van der Waals surface area contributed by atoms with Crippen LogP contribution in [0.15, 0.2) is 22.7 Å². The minimum absolute atomic E-state index is 0.379. The summed E-state index contributed by atoms with van der Waals surface area (Å²) >= 11 is 3.29. The third kappa shape index (κ3) is 2.20. The molecule has 0 heterocycles. The van der Waals surface area contributed by atoms with Crippen molar-refractivity contribution in [2.45, 2.75) is 12.8 Å². The van der Waals surface area contributed by atoms with Crippen LogP contribution in [0, 0.1) is 5.41 Å². The number of benzene rings is 1. The number of nitrogens with one attached hydrogen (secondary N) is 1. The van der Waals surface area contributed by atoms with Gasteiger partial charge in [0, 0.05) is 4.47 Å². The lowest BCUT2D eigenvalue weighted by atomic mass is 10.1. The zero-order valence-electron chi connectivity index (χ0n) is 9.70. The zero-order chi connectivity index (χ0) is 13.3. The number of anilines is 1. The van der Waals surface area contributed by atoms with Crippen LogP contribution in [0.1, 0.15) is 12.8 Å². The monoisotopic (exact) mass is 313 g/mol. The number of carboxylic acid groups (broad SMARTS) is 1. The van der Waals surface area contributed by atoms with Gasteiger partial charge in [-0.05, 0) is 31.0 Å². The normalized spacial score (nSPS) is 15.9. The Hall–Kier alpha value is -1.56. The molecule has 5 nitrogen and oxygen atoms in total. The van der Waals surface area contributed by atoms with Gasteiger partial charge in [0.15, 0.2) is 0 Å². The predicted molar refractivity (Wildman–Crippen MR) is 68.6 cm³/mol. The molecule has 0 radical (unpaired) electrons. The van der Waals surface area contributed by atoms with Crippen molar-refractivity contribution in [1.82, 2.24) is 0 Å². The molecule has 0 spiro atoms. The molecule has 0 saturated heterocycles. The third-order valence-corrected chi connectivity index (χ3v) is 3.50. The van der Waals surface area contributed by atoms with Gasteiger partial charge in [0.1, 0.15) is 11.2 Å². The Balaban J connectivity index is 2.22. The SMILES string of the molecule is COc1ccc(Br)cc1NC(=O)C1(C(=O)O)CC1. The quantitative estimate of drug-likeness (QED) is 0.836. The summed E-state index contributed by atoms with van der Waals surface area (Å²) in [5, 5.41) is 11.6. The first kappa shape index (κ1) is 12.9. The first-order valence-corrected chi connectivity index (χ1v) is 6.17. The molecule has 96 valence electrons. The summed E-state index contributed by atoms with van der Waals surface area (Å²) in [6.07, 6.45) is 0.759. The smallest absolute Gasteiger partial charge is 0.319 e. The van der Waals surface area contributed by atoms with E-state index in [-0.39, 0.29) is 0 Å². The number of ether oxygens (including phenoxy) is 1. The fraction of sp³-hybridized carbons (Fsp3) is 0.333. The maximum atomic E-state index is 12.0. The maximum absolute atomic E-state index is 12.0. The van der Waals surface area contributed by atoms with E-state index in [1.165, 1.54) is 7.11 Å². The highest BCUT2D eigenvalue weighted by Gasteiger charge is 2.57. The number of carboxylic acids is 1. The van der Waals surface area contributed by atoms with Gasteiger partial charge in [0.2, 0.25) is 5.91 Å². The van der Waals surface area contributed by atoms with Gasteiger partial charge >= 0.3 is 5.97 Å². The second-order valence-electron chi connectivity index (χ2n) is 4.19. The van der Waals surface area contributed by atoms with Crippen molar-refractivity contribution in [2.75, 3.05) is 12.4 Å². The van der Waals surface area contributed by atoms with E-state index in [4.69, 9.17) is 9.84 Å². The van der Waals surface area contributed by atoms with Crippen LogP contribution in [0.2, 0.25) is 0 Å². The van der Waals surface area contributed by atoms with E-state index in [1.807, 2.05) is 0 Å². The van der Waals surface area contributed by atoms with Crippen LogP contribution in [0.3, 0.4) is 0 Å². The Morgan fingerprint density at radius 1 is 1.44 bits per heavy atom. The van der Waals surface area contributed by atoms with Crippen LogP contribution in [-0.4, -0.2) is 24.1 Å². The summed E-state index contributed by atoms with van der Waals surface area (Å²) in [5.41, 5.74) is -0.794. The van der Waals surface area contributed by atoms with Gasteiger partial charge in [0.05, 0.1) is 12.8 Å². The molecule has 2 rings (SSSR count). The highest BCUT2D eigenvalue weighted by molar-refractivity contribution is 9.10. The summed E-state index contributed by atoms with van der Waals surface area (Å²) in [6, 6.07) is 5.15. The maximum Gasteiger partial charge on any atom is 0.319 e. The average Bonchev–Trinajstić information content (AvgIpc) is 3.10.